The zero-order chi connectivity index (χ0) is 18.6. The minimum atomic E-state index is 0.156. The third kappa shape index (κ3) is 4.38. The molecule has 4 nitrogen and oxygen atoms in total. The maximum atomic E-state index is 13.0. The molecule has 4 heterocycles. The molecular formula is C23H29N3O. The van der Waals surface area contributed by atoms with Crippen LogP contribution in [0.1, 0.15) is 40.9 Å². The molecule has 2 bridgehead atoms. The smallest absolute Gasteiger partial charge is 0.255 e. The van der Waals surface area contributed by atoms with Crippen LogP contribution in [-0.4, -0.2) is 52.9 Å². The van der Waals surface area contributed by atoms with Crippen molar-refractivity contribution >= 4 is 5.91 Å². The van der Waals surface area contributed by atoms with E-state index in [9.17, 15) is 4.79 Å². The summed E-state index contributed by atoms with van der Waals surface area (Å²) in [5.41, 5.74) is 3.09. The standard InChI is InChI=1S/C23H29N3O/c1-18-9-11-21(14-24-18)23(27)26-16-20-10-12-22(26)17-25(15-20)13-5-8-19-6-3-2-4-7-19/h2-4,6-7,9,11,14,20,22H,5,8,10,12-13,15-17H2,1H3/t20-,22+/m0/s1. The molecule has 0 N–H and O–H groups in total. The van der Waals surface area contributed by atoms with Gasteiger partial charge in [0, 0.05) is 37.6 Å². The van der Waals surface area contributed by atoms with Crippen molar-refractivity contribution in [2.24, 2.45) is 5.92 Å². The van der Waals surface area contributed by atoms with Crippen molar-refractivity contribution in [2.45, 2.75) is 38.6 Å². The van der Waals surface area contributed by atoms with Crippen LogP contribution in [0.5, 0.6) is 0 Å². The molecule has 1 aromatic heterocycles. The molecule has 0 unspecified atom stereocenters. The molecule has 3 saturated heterocycles. The van der Waals surface area contributed by atoms with Crippen LogP contribution in [0.4, 0.5) is 0 Å². The van der Waals surface area contributed by atoms with Gasteiger partial charge in [0.15, 0.2) is 0 Å². The first kappa shape index (κ1) is 18.2. The lowest BCUT2D eigenvalue weighted by atomic mass is 9.94. The van der Waals surface area contributed by atoms with Gasteiger partial charge >= 0.3 is 0 Å². The van der Waals surface area contributed by atoms with Gasteiger partial charge in [0.1, 0.15) is 0 Å². The summed E-state index contributed by atoms with van der Waals surface area (Å²) in [4.78, 5) is 22.0. The minimum Gasteiger partial charge on any atom is -0.334 e. The number of nitrogens with zero attached hydrogens (tertiary/aromatic N) is 3. The average molecular weight is 364 g/mol. The molecule has 142 valence electrons. The molecule has 4 heteroatoms. The first-order valence-electron chi connectivity index (χ1n) is 10.2. The molecule has 0 aliphatic carbocycles. The van der Waals surface area contributed by atoms with Crippen molar-refractivity contribution in [1.29, 1.82) is 0 Å². The summed E-state index contributed by atoms with van der Waals surface area (Å²) >= 11 is 0. The maximum Gasteiger partial charge on any atom is 0.255 e. The van der Waals surface area contributed by atoms with Crippen LogP contribution < -0.4 is 0 Å². The van der Waals surface area contributed by atoms with Gasteiger partial charge in [-0.05, 0) is 62.8 Å². The molecule has 3 aliphatic heterocycles. The van der Waals surface area contributed by atoms with E-state index in [2.05, 4.69) is 45.1 Å². The number of hydrogen-bond donors (Lipinski definition) is 0. The van der Waals surface area contributed by atoms with Gasteiger partial charge in [-0.3, -0.25) is 9.78 Å². The Bertz CT molecular complexity index is 759. The van der Waals surface area contributed by atoms with E-state index in [1.807, 2.05) is 19.1 Å². The monoisotopic (exact) mass is 363 g/mol. The number of aryl methyl sites for hydroxylation is 2. The molecule has 0 saturated carbocycles. The summed E-state index contributed by atoms with van der Waals surface area (Å²) < 4.78 is 0. The molecule has 27 heavy (non-hydrogen) atoms. The van der Waals surface area contributed by atoms with Gasteiger partial charge < -0.3 is 9.80 Å². The van der Waals surface area contributed by atoms with Crippen LogP contribution >= 0.6 is 0 Å². The van der Waals surface area contributed by atoms with Gasteiger partial charge in [-0.25, -0.2) is 0 Å². The van der Waals surface area contributed by atoms with Gasteiger partial charge in [-0.1, -0.05) is 30.3 Å². The lowest BCUT2D eigenvalue weighted by molar-refractivity contribution is 0.0585. The Labute approximate surface area is 162 Å². The Morgan fingerprint density at radius 1 is 1.07 bits per heavy atom. The van der Waals surface area contributed by atoms with Gasteiger partial charge in [-0.15, -0.1) is 0 Å². The van der Waals surface area contributed by atoms with E-state index in [1.54, 1.807) is 6.20 Å². The largest absolute Gasteiger partial charge is 0.334 e. The van der Waals surface area contributed by atoms with Gasteiger partial charge in [0.05, 0.1) is 5.56 Å². The number of hydrogen-bond acceptors (Lipinski definition) is 3. The molecule has 2 atom stereocenters. The fraction of sp³-hybridized carbons (Fsp3) is 0.478. The lowest BCUT2D eigenvalue weighted by Crippen LogP contribution is -2.47. The highest BCUT2D eigenvalue weighted by atomic mass is 16.2. The Morgan fingerprint density at radius 3 is 2.70 bits per heavy atom. The van der Waals surface area contributed by atoms with Crippen molar-refractivity contribution in [3.8, 4) is 0 Å². The Balaban J connectivity index is 1.37. The molecule has 0 spiro atoms. The zero-order valence-electron chi connectivity index (χ0n) is 16.2. The quantitative estimate of drug-likeness (QED) is 0.815. The fourth-order valence-electron chi connectivity index (χ4n) is 4.52. The Hall–Kier alpha value is -2.20. The summed E-state index contributed by atoms with van der Waals surface area (Å²) in [5, 5.41) is 0. The number of fused-ring (bicyclic) bond motifs is 4. The number of carbonyl (C=O) groups is 1. The van der Waals surface area contributed by atoms with E-state index in [1.165, 1.54) is 18.4 Å². The number of benzene rings is 1. The first-order valence-corrected chi connectivity index (χ1v) is 10.2. The molecule has 2 aromatic rings. The Morgan fingerprint density at radius 2 is 1.93 bits per heavy atom. The average Bonchev–Trinajstić information content (AvgIpc) is 3.00. The van der Waals surface area contributed by atoms with E-state index in [0.717, 1.165) is 50.3 Å². The molecular weight excluding hydrogens is 334 g/mol. The van der Waals surface area contributed by atoms with Crippen LogP contribution in [0.15, 0.2) is 48.7 Å². The van der Waals surface area contributed by atoms with Crippen LogP contribution in [0.25, 0.3) is 0 Å². The predicted molar refractivity (Wildman–Crippen MR) is 108 cm³/mol. The number of piperidine rings is 1. The van der Waals surface area contributed by atoms with E-state index >= 15 is 0 Å². The van der Waals surface area contributed by atoms with Gasteiger partial charge in [0.25, 0.3) is 5.91 Å². The fourth-order valence-corrected chi connectivity index (χ4v) is 4.52. The highest BCUT2D eigenvalue weighted by Crippen LogP contribution is 2.29. The van der Waals surface area contributed by atoms with E-state index < -0.39 is 0 Å². The molecule has 3 fully saturated rings. The number of aromatic nitrogens is 1. The second kappa shape index (κ2) is 8.22. The van der Waals surface area contributed by atoms with Crippen LogP contribution in [0.3, 0.4) is 0 Å². The number of pyridine rings is 1. The van der Waals surface area contributed by atoms with Crippen molar-refractivity contribution in [2.75, 3.05) is 26.2 Å². The van der Waals surface area contributed by atoms with Crippen LogP contribution in [0.2, 0.25) is 0 Å². The van der Waals surface area contributed by atoms with Crippen LogP contribution in [0, 0.1) is 12.8 Å². The summed E-state index contributed by atoms with van der Waals surface area (Å²) in [6.07, 6.45) is 6.41. The van der Waals surface area contributed by atoms with Crippen molar-refractivity contribution < 1.29 is 4.79 Å². The maximum absolute atomic E-state index is 13.0. The second-order valence-corrected chi connectivity index (χ2v) is 8.09. The SMILES string of the molecule is Cc1ccc(C(=O)N2C[C@H]3CC[C@@H]2CN(CCCc2ccccc2)C3)cn1. The lowest BCUT2D eigenvalue weighted by Gasteiger charge is -2.36. The van der Waals surface area contributed by atoms with Gasteiger partial charge in [0.2, 0.25) is 0 Å². The third-order valence-corrected chi connectivity index (χ3v) is 5.99. The van der Waals surface area contributed by atoms with E-state index in [0.29, 0.717) is 12.0 Å². The molecule has 1 amide bonds. The highest BCUT2D eigenvalue weighted by molar-refractivity contribution is 5.94. The number of amides is 1. The third-order valence-electron chi connectivity index (χ3n) is 5.99. The van der Waals surface area contributed by atoms with Crippen molar-refractivity contribution in [3.63, 3.8) is 0 Å². The summed E-state index contributed by atoms with van der Waals surface area (Å²) in [6, 6.07) is 14.9. The van der Waals surface area contributed by atoms with Crippen molar-refractivity contribution in [1.82, 2.24) is 14.8 Å². The predicted octanol–water partition coefficient (Wildman–Crippen LogP) is 3.56. The summed E-state index contributed by atoms with van der Waals surface area (Å²) in [6.45, 7) is 6.11. The van der Waals surface area contributed by atoms with E-state index in [-0.39, 0.29) is 5.91 Å². The molecule has 5 rings (SSSR count). The summed E-state index contributed by atoms with van der Waals surface area (Å²) in [7, 11) is 0. The topological polar surface area (TPSA) is 36.4 Å². The summed E-state index contributed by atoms with van der Waals surface area (Å²) in [5.74, 6) is 0.756. The Kier molecular flexibility index (Phi) is 5.53. The zero-order valence-corrected chi connectivity index (χ0v) is 16.2. The normalized spacial score (nSPS) is 22.6. The first-order chi connectivity index (χ1) is 13.2. The van der Waals surface area contributed by atoms with Gasteiger partial charge in [-0.2, -0.15) is 0 Å². The molecule has 3 aliphatic rings. The molecule has 1 aromatic carbocycles. The highest BCUT2D eigenvalue weighted by Gasteiger charge is 2.37. The van der Waals surface area contributed by atoms with Crippen LogP contribution in [-0.2, 0) is 6.42 Å². The molecule has 0 radical (unpaired) electrons. The number of rotatable bonds is 5. The number of carbonyl (C=O) groups excluding carboxylic acids is 1. The minimum absolute atomic E-state index is 0.156. The second-order valence-electron chi connectivity index (χ2n) is 8.09. The van der Waals surface area contributed by atoms with Crippen molar-refractivity contribution in [3.05, 3.63) is 65.5 Å². The van der Waals surface area contributed by atoms with E-state index in [4.69, 9.17) is 0 Å².